The summed E-state index contributed by atoms with van der Waals surface area (Å²) in [4.78, 5) is 29.1. The predicted molar refractivity (Wildman–Crippen MR) is 64.9 cm³/mol. The molecular weight excluding hydrogens is 250 g/mol. The minimum Gasteiger partial charge on any atom is -0.469 e. The first-order valence-corrected chi connectivity index (χ1v) is 5.87. The molecule has 0 amide bonds. The number of carbonyl (C=O) groups is 2. The lowest BCUT2D eigenvalue weighted by molar-refractivity contribution is -0.182. The monoisotopic (exact) mass is 266 g/mol. The lowest BCUT2D eigenvalue weighted by Gasteiger charge is -2.25. The van der Waals surface area contributed by atoms with Crippen molar-refractivity contribution in [2.75, 3.05) is 21.3 Å². The van der Waals surface area contributed by atoms with Crippen molar-refractivity contribution in [3.8, 4) is 0 Å². The van der Waals surface area contributed by atoms with Crippen molar-refractivity contribution in [3.63, 3.8) is 0 Å². The summed E-state index contributed by atoms with van der Waals surface area (Å²) in [6, 6.07) is 7.11. The highest BCUT2D eigenvalue weighted by atomic mass is 16.7. The summed E-state index contributed by atoms with van der Waals surface area (Å²) in [6.45, 7) is 0. The third-order valence-corrected chi connectivity index (χ3v) is 3.27. The van der Waals surface area contributed by atoms with Crippen LogP contribution in [0.4, 0.5) is 0 Å². The van der Waals surface area contributed by atoms with E-state index in [9.17, 15) is 9.59 Å². The van der Waals surface area contributed by atoms with Crippen molar-refractivity contribution >= 4 is 11.9 Å². The molecule has 1 aromatic rings. The van der Waals surface area contributed by atoms with E-state index < -0.39 is 24.0 Å². The Labute approximate surface area is 111 Å². The molecule has 104 valence electrons. The Morgan fingerprint density at radius 3 is 2.53 bits per heavy atom. The Morgan fingerprint density at radius 1 is 1.32 bits per heavy atom. The second kappa shape index (κ2) is 5.46. The third-order valence-electron chi connectivity index (χ3n) is 3.27. The molecule has 1 fully saturated rings. The maximum absolute atomic E-state index is 12.0. The number of rotatable bonds is 3. The van der Waals surface area contributed by atoms with Crippen LogP contribution in [0.1, 0.15) is 11.6 Å². The molecule has 6 nitrogen and oxygen atoms in total. The quantitative estimate of drug-likeness (QED) is 0.591. The minimum absolute atomic E-state index is 0.369. The molecule has 2 rings (SSSR count). The molecule has 0 radical (unpaired) electrons. The first kappa shape index (κ1) is 13.6. The number of carbonyl (C=O) groups excluding carboxylic acids is 2. The van der Waals surface area contributed by atoms with Gasteiger partial charge < -0.3 is 9.47 Å². The van der Waals surface area contributed by atoms with Gasteiger partial charge in [0.1, 0.15) is 5.92 Å². The molecule has 0 N–H and O–H groups in total. The largest absolute Gasteiger partial charge is 0.469 e. The van der Waals surface area contributed by atoms with E-state index in [2.05, 4.69) is 4.74 Å². The van der Waals surface area contributed by atoms with E-state index >= 15 is 0 Å². The molecule has 3 atom stereocenters. The molecule has 1 saturated heterocycles. The van der Waals surface area contributed by atoms with Gasteiger partial charge in [-0.25, -0.2) is 10.9 Å². The predicted octanol–water partition coefficient (Wildman–Crippen LogP) is 0.654. The number of ether oxygens (including phenoxy) is 2. The molecule has 0 saturated carbocycles. The van der Waals surface area contributed by atoms with Crippen LogP contribution in [-0.4, -0.2) is 44.4 Å². The van der Waals surface area contributed by atoms with Crippen LogP contribution in [0.3, 0.4) is 0 Å². The zero-order valence-electron chi connectivity index (χ0n) is 11.0. The molecule has 0 bridgehead atoms. The van der Waals surface area contributed by atoms with Crippen molar-refractivity contribution in [1.82, 2.24) is 5.06 Å². The fourth-order valence-electron chi connectivity index (χ4n) is 2.40. The van der Waals surface area contributed by atoms with Crippen LogP contribution in [0, 0.1) is 5.92 Å². The van der Waals surface area contributed by atoms with Gasteiger partial charge >= 0.3 is 11.9 Å². The highest BCUT2D eigenvalue weighted by Gasteiger charge is 2.49. The number of hydrogen-bond donors (Lipinski definition) is 0. The third kappa shape index (κ3) is 2.36. The summed E-state index contributed by atoms with van der Waals surface area (Å²) in [5.41, 5.74) is 0.893. The zero-order chi connectivity index (χ0) is 14.0. The summed E-state index contributed by atoms with van der Waals surface area (Å²) in [6.07, 6.45) is -0.984. The van der Waals surface area contributed by atoms with E-state index in [-0.39, 0.29) is 6.04 Å². The Hall–Kier alpha value is -1.79. The van der Waals surface area contributed by atoms with Crippen LogP contribution >= 0.6 is 0 Å². The molecule has 6 heteroatoms. The van der Waals surface area contributed by atoms with Crippen LogP contribution in [0.2, 0.25) is 0 Å². The van der Waals surface area contributed by atoms with Crippen molar-refractivity contribution in [1.29, 1.82) is 0 Å². The fraction of sp³-hybridized carbons (Fsp3) is 0.462. The van der Waals surface area contributed by atoms with Crippen LogP contribution in [-0.2, 0) is 23.9 Å². The molecule has 1 heterocycles. The maximum atomic E-state index is 12.0. The summed E-state index contributed by atoms with van der Waals surface area (Å²) in [7, 11) is 4.23. The van der Waals surface area contributed by atoms with Gasteiger partial charge in [-0.1, -0.05) is 0 Å². The van der Waals surface area contributed by atoms with Gasteiger partial charge in [0.15, 0.2) is 6.10 Å². The average Bonchev–Trinajstić information content (AvgIpc) is 3.03. The van der Waals surface area contributed by atoms with Crippen LogP contribution < -0.4 is 0 Å². The number of methoxy groups -OCH3 is 2. The Balaban J connectivity index is 2.35. The van der Waals surface area contributed by atoms with Gasteiger partial charge in [0.2, 0.25) is 0 Å². The van der Waals surface area contributed by atoms with Gasteiger partial charge in [0.05, 0.1) is 14.2 Å². The second-order valence-electron chi connectivity index (χ2n) is 4.31. The second-order valence-corrected chi connectivity index (χ2v) is 4.31. The van der Waals surface area contributed by atoms with Crippen LogP contribution in [0.15, 0.2) is 24.3 Å². The minimum atomic E-state index is -0.984. The molecule has 1 aliphatic heterocycles. The van der Waals surface area contributed by atoms with Gasteiger partial charge in [-0.05, 0) is 0 Å². The van der Waals surface area contributed by atoms with E-state index in [1.807, 2.05) is 24.3 Å². The normalized spacial score (nSPS) is 27.2. The molecule has 0 unspecified atom stereocenters. The molecule has 1 aliphatic rings. The van der Waals surface area contributed by atoms with Crippen molar-refractivity contribution < 1.29 is 23.9 Å². The Morgan fingerprint density at radius 2 is 2.00 bits per heavy atom. The van der Waals surface area contributed by atoms with E-state index in [0.717, 1.165) is 5.56 Å². The number of hydrogen-bond acceptors (Lipinski definition) is 6. The summed E-state index contributed by atoms with van der Waals surface area (Å²) >= 11 is 0. The van der Waals surface area contributed by atoms with E-state index in [1.165, 1.54) is 19.3 Å². The van der Waals surface area contributed by atoms with Gasteiger partial charge in [-0.15, -0.1) is 0 Å². The van der Waals surface area contributed by atoms with Gasteiger partial charge in [-0.3, -0.25) is 9.63 Å². The van der Waals surface area contributed by atoms with E-state index in [1.54, 1.807) is 7.05 Å². The van der Waals surface area contributed by atoms with E-state index in [4.69, 9.17) is 9.57 Å². The fourth-order valence-corrected chi connectivity index (χ4v) is 2.40. The molecule has 0 aromatic heterocycles. The van der Waals surface area contributed by atoms with Crippen molar-refractivity contribution in [2.24, 2.45) is 5.92 Å². The first-order chi connectivity index (χ1) is 9.10. The molecular formula is C13H16NO5-. The maximum Gasteiger partial charge on any atom is 0.338 e. The average molecular weight is 266 g/mol. The molecule has 19 heavy (non-hydrogen) atoms. The Kier molecular flexibility index (Phi) is 3.92. The summed E-state index contributed by atoms with van der Waals surface area (Å²) in [5.74, 6) is -1.83. The number of nitrogens with zero attached hydrogens (tertiary/aromatic N) is 1. The van der Waals surface area contributed by atoms with Gasteiger partial charge in [-0.2, -0.15) is 28.8 Å². The molecule has 0 aliphatic carbocycles. The van der Waals surface area contributed by atoms with Gasteiger partial charge in [0, 0.05) is 13.1 Å². The molecule has 1 aromatic carbocycles. The zero-order valence-corrected chi connectivity index (χ0v) is 11.0. The standard InChI is InChI=1S/C13H16NO5/c1-14-10(8-6-4-5-7-8)9(12(15)17-2)11(19-14)13(16)18-3/h4-7,9-11H,1-3H3/q-1/t9-,10-,11+/m1/s1. The molecule has 0 spiro atoms. The SMILES string of the molecule is COC(=O)[C@H]1[C@@H](C(=O)OC)ON(C)[C@@H]1c1cc[cH-]c1. The highest BCUT2D eigenvalue weighted by Crippen LogP contribution is 2.39. The summed E-state index contributed by atoms with van der Waals surface area (Å²) in [5, 5.41) is 1.50. The number of hydroxylamine groups is 2. The van der Waals surface area contributed by atoms with Crippen molar-refractivity contribution in [3.05, 3.63) is 29.8 Å². The number of esters is 2. The topological polar surface area (TPSA) is 65.1 Å². The van der Waals surface area contributed by atoms with Crippen LogP contribution in [0.25, 0.3) is 0 Å². The lowest BCUT2D eigenvalue weighted by Crippen LogP contribution is -2.35. The van der Waals surface area contributed by atoms with Gasteiger partial charge in [0.25, 0.3) is 0 Å². The summed E-state index contributed by atoms with van der Waals surface area (Å²) < 4.78 is 9.46. The van der Waals surface area contributed by atoms with Crippen molar-refractivity contribution in [2.45, 2.75) is 12.1 Å². The smallest absolute Gasteiger partial charge is 0.338 e. The highest BCUT2D eigenvalue weighted by molar-refractivity contribution is 5.85. The van der Waals surface area contributed by atoms with E-state index in [0.29, 0.717) is 0 Å². The lowest BCUT2D eigenvalue weighted by atomic mass is 9.91. The van der Waals surface area contributed by atoms with Crippen LogP contribution in [0.5, 0.6) is 0 Å². The Bertz CT molecular complexity index is 456. The first-order valence-electron chi connectivity index (χ1n) is 5.87.